The Balaban J connectivity index is 1.96. The third-order valence-electron chi connectivity index (χ3n) is 3.25. The van der Waals surface area contributed by atoms with Crippen molar-refractivity contribution < 1.29 is 9.53 Å². The zero-order chi connectivity index (χ0) is 16.2. The molecule has 0 bridgehead atoms. The summed E-state index contributed by atoms with van der Waals surface area (Å²) >= 11 is 6.33. The van der Waals surface area contributed by atoms with Gasteiger partial charge < -0.3 is 10.5 Å². The van der Waals surface area contributed by atoms with Gasteiger partial charge in [0.25, 0.3) is 5.91 Å². The van der Waals surface area contributed by atoms with Crippen molar-refractivity contribution in [2.45, 2.75) is 0 Å². The zero-order valence-corrected chi connectivity index (χ0v) is 12.8. The van der Waals surface area contributed by atoms with Crippen molar-refractivity contribution in [2.24, 2.45) is 5.73 Å². The normalized spacial score (nSPS) is 10.3. The van der Waals surface area contributed by atoms with Crippen LogP contribution in [0.15, 0.2) is 66.9 Å². The third kappa shape index (κ3) is 3.33. The number of primary amides is 1. The lowest BCUT2D eigenvalue weighted by Crippen LogP contribution is -2.13. The maximum atomic E-state index is 11.5. The summed E-state index contributed by atoms with van der Waals surface area (Å²) in [6.45, 7) is 0. The number of aromatic nitrogens is 1. The molecule has 0 radical (unpaired) electrons. The van der Waals surface area contributed by atoms with E-state index in [0.29, 0.717) is 33.3 Å². The van der Waals surface area contributed by atoms with E-state index in [4.69, 9.17) is 22.1 Å². The smallest absolute Gasteiger partial charge is 0.250 e. The number of ether oxygens (including phenoxy) is 1. The maximum absolute atomic E-state index is 11.5. The minimum absolute atomic E-state index is 0.325. The monoisotopic (exact) mass is 324 g/mol. The summed E-state index contributed by atoms with van der Waals surface area (Å²) in [6, 6.07) is 17.9. The molecule has 0 aliphatic rings. The predicted molar refractivity (Wildman–Crippen MR) is 89.7 cm³/mol. The first-order valence-electron chi connectivity index (χ1n) is 6.93. The number of para-hydroxylation sites is 1. The van der Waals surface area contributed by atoms with Crippen LogP contribution in [0.3, 0.4) is 0 Å². The van der Waals surface area contributed by atoms with Gasteiger partial charge in [-0.15, -0.1) is 0 Å². The SMILES string of the molecule is NC(=O)c1cccnc1-c1ccc(Oc2ccccc2)cc1Cl. The van der Waals surface area contributed by atoms with Crippen LogP contribution in [0.2, 0.25) is 5.02 Å². The molecule has 0 atom stereocenters. The number of carbonyl (C=O) groups excluding carboxylic acids is 1. The topological polar surface area (TPSA) is 65.2 Å². The number of amides is 1. The number of nitrogens with zero attached hydrogens (tertiary/aromatic N) is 1. The largest absolute Gasteiger partial charge is 0.457 e. The first kappa shape index (κ1) is 15.1. The van der Waals surface area contributed by atoms with Gasteiger partial charge in [-0.2, -0.15) is 0 Å². The van der Waals surface area contributed by atoms with Gasteiger partial charge in [0, 0.05) is 17.8 Å². The van der Waals surface area contributed by atoms with Gasteiger partial charge in [0.2, 0.25) is 0 Å². The minimum atomic E-state index is -0.547. The van der Waals surface area contributed by atoms with Crippen LogP contribution in [0.25, 0.3) is 11.3 Å². The van der Waals surface area contributed by atoms with Gasteiger partial charge in [-0.3, -0.25) is 9.78 Å². The first-order chi connectivity index (χ1) is 11.1. The summed E-state index contributed by atoms with van der Waals surface area (Å²) < 4.78 is 5.73. The molecular formula is C18H13ClN2O2. The van der Waals surface area contributed by atoms with Gasteiger partial charge in [0.15, 0.2) is 0 Å². The van der Waals surface area contributed by atoms with E-state index in [1.165, 1.54) is 0 Å². The van der Waals surface area contributed by atoms with Crippen LogP contribution in [0.5, 0.6) is 11.5 Å². The third-order valence-corrected chi connectivity index (χ3v) is 3.56. The number of rotatable bonds is 4. The number of hydrogen-bond acceptors (Lipinski definition) is 3. The summed E-state index contributed by atoms with van der Waals surface area (Å²) in [5, 5.41) is 0.430. The highest BCUT2D eigenvalue weighted by Gasteiger charge is 2.14. The lowest BCUT2D eigenvalue weighted by Gasteiger charge is -2.10. The number of carbonyl (C=O) groups is 1. The van der Waals surface area contributed by atoms with Gasteiger partial charge in [-0.1, -0.05) is 29.8 Å². The lowest BCUT2D eigenvalue weighted by molar-refractivity contribution is 0.100. The molecule has 5 heteroatoms. The van der Waals surface area contributed by atoms with Crippen LogP contribution in [-0.2, 0) is 0 Å². The van der Waals surface area contributed by atoms with Gasteiger partial charge in [-0.05, 0) is 36.4 Å². The molecule has 0 unspecified atom stereocenters. The lowest BCUT2D eigenvalue weighted by atomic mass is 10.1. The summed E-state index contributed by atoms with van der Waals surface area (Å²) in [4.78, 5) is 15.7. The Morgan fingerprint density at radius 3 is 2.48 bits per heavy atom. The van der Waals surface area contributed by atoms with Gasteiger partial charge in [-0.25, -0.2) is 0 Å². The number of benzene rings is 2. The van der Waals surface area contributed by atoms with Crippen molar-refractivity contribution in [3.05, 3.63) is 77.4 Å². The maximum Gasteiger partial charge on any atom is 0.250 e. The van der Waals surface area contributed by atoms with Gasteiger partial charge >= 0.3 is 0 Å². The first-order valence-corrected chi connectivity index (χ1v) is 7.30. The molecule has 3 rings (SSSR count). The molecule has 2 N–H and O–H groups in total. The van der Waals surface area contributed by atoms with Crippen molar-refractivity contribution in [2.75, 3.05) is 0 Å². The molecule has 114 valence electrons. The van der Waals surface area contributed by atoms with Gasteiger partial charge in [0.1, 0.15) is 11.5 Å². The standard InChI is InChI=1S/C18H13ClN2O2/c19-16-11-13(23-12-5-2-1-3-6-12)8-9-14(16)17-15(18(20)22)7-4-10-21-17/h1-11H,(H2,20,22). The fourth-order valence-corrected chi connectivity index (χ4v) is 2.45. The van der Waals surface area contributed by atoms with E-state index < -0.39 is 5.91 Å². The number of halogens is 1. The Hall–Kier alpha value is -2.85. The zero-order valence-electron chi connectivity index (χ0n) is 12.1. The molecule has 0 spiro atoms. The van der Waals surface area contributed by atoms with Crippen LogP contribution < -0.4 is 10.5 Å². The van der Waals surface area contributed by atoms with Crippen molar-refractivity contribution in [3.63, 3.8) is 0 Å². The fourth-order valence-electron chi connectivity index (χ4n) is 2.19. The fraction of sp³-hybridized carbons (Fsp3) is 0. The van der Waals surface area contributed by atoms with E-state index in [9.17, 15) is 4.79 Å². The van der Waals surface area contributed by atoms with Crippen LogP contribution in [0.1, 0.15) is 10.4 Å². The quantitative estimate of drug-likeness (QED) is 0.778. The Labute approximate surface area is 138 Å². The molecule has 0 saturated carbocycles. The van der Waals surface area contributed by atoms with Crippen molar-refractivity contribution in [1.29, 1.82) is 0 Å². The molecule has 1 amide bonds. The second-order valence-corrected chi connectivity index (χ2v) is 5.23. The van der Waals surface area contributed by atoms with Crippen molar-refractivity contribution in [3.8, 4) is 22.8 Å². The van der Waals surface area contributed by atoms with Crippen molar-refractivity contribution in [1.82, 2.24) is 4.98 Å². The second kappa shape index (κ2) is 6.50. The van der Waals surface area contributed by atoms with Crippen LogP contribution in [-0.4, -0.2) is 10.9 Å². The Kier molecular flexibility index (Phi) is 4.26. The highest BCUT2D eigenvalue weighted by atomic mass is 35.5. The summed E-state index contributed by atoms with van der Waals surface area (Å²) in [6.07, 6.45) is 1.59. The summed E-state index contributed by atoms with van der Waals surface area (Å²) in [7, 11) is 0. The highest BCUT2D eigenvalue weighted by molar-refractivity contribution is 6.33. The molecule has 0 saturated heterocycles. The molecule has 4 nitrogen and oxygen atoms in total. The molecule has 0 fully saturated rings. The second-order valence-electron chi connectivity index (χ2n) is 4.82. The molecule has 3 aromatic rings. The van der Waals surface area contributed by atoms with E-state index in [0.717, 1.165) is 0 Å². The molecule has 1 aromatic heterocycles. The average Bonchev–Trinajstić information content (AvgIpc) is 2.56. The molecule has 2 aromatic carbocycles. The van der Waals surface area contributed by atoms with E-state index in [1.807, 2.05) is 30.3 Å². The Morgan fingerprint density at radius 1 is 1.00 bits per heavy atom. The molecule has 0 aliphatic heterocycles. The predicted octanol–water partition coefficient (Wildman–Crippen LogP) is 4.29. The Bertz CT molecular complexity index is 851. The molecular weight excluding hydrogens is 312 g/mol. The van der Waals surface area contributed by atoms with Crippen LogP contribution >= 0.6 is 11.6 Å². The van der Waals surface area contributed by atoms with E-state index >= 15 is 0 Å². The highest BCUT2D eigenvalue weighted by Crippen LogP contribution is 2.33. The number of pyridine rings is 1. The van der Waals surface area contributed by atoms with Crippen LogP contribution in [0, 0.1) is 0 Å². The number of nitrogens with two attached hydrogens (primary N) is 1. The molecule has 23 heavy (non-hydrogen) atoms. The minimum Gasteiger partial charge on any atom is -0.457 e. The summed E-state index contributed by atoms with van der Waals surface area (Å²) in [5.41, 5.74) is 6.79. The number of hydrogen-bond donors (Lipinski definition) is 1. The molecule has 0 aliphatic carbocycles. The van der Waals surface area contributed by atoms with E-state index in [1.54, 1.807) is 36.5 Å². The average molecular weight is 325 g/mol. The van der Waals surface area contributed by atoms with E-state index in [-0.39, 0.29) is 0 Å². The van der Waals surface area contributed by atoms with Crippen LogP contribution in [0.4, 0.5) is 0 Å². The van der Waals surface area contributed by atoms with Crippen molar-refractivity contribution >= 4 is 17.5 Å². The van der Waals surface area contributed by atoms with Gasteiger partial charge in [0.05, 0.1) is 16.3 Å². The Morgan fingerprint density at radius 2 is 1.78 bits per heavy atom. The summed E-state index contributed by atoms with van der Waals surface area (Å²) in [5.74, 6) is 0.766. The van der Waals surface area contributed by atoms with E-state index in [2.05, 4.69) is 4.98 Å². The molecule has 1 heterocycles.